The average Bonchev–Trinajstić information content (AvgIpc) is 3.29. The van der Waals surface area contributed by atoms with Gasteiger partial charge in [-0.15, -0.1) is 0 Å². The van der Waals surface area contributed by atoms with Crippen LogP contribution in [0.25, 0.3) is 0 Å². The van der Waals surface area contributed by atoms with Crippen molar-refractivity contribution in [1.29, 1.82) is 0 Å². The van der Waals surface area contributed by atoms with E-state index in [-0.39, 0.29) is 11.7 Å². The molecule has 180 valence electrons. The Kier molecular flexibility index (Phi) is 9.34. The van der Waals surface area contributed by atoms with Crippen molar-refractivity contribution >= 4 is 40.5 Å². The summed E-state index contributed by atoms with van der Waals surface area (Å²) >= 11 is 1.32. The zero-order chi connectivity index (χ0) is 23.6. The number of amides is 2. The van der Waals surface area contributed by atoms with Crippen LogP contribution in [0, 0.1) is 0 Å². The second-order valence-corrected chi connectivity index (χ2v) is 8.79. The molecule has 2 aliphatic heterocycles. The van der Waals surface area contributed by atoms with Crippen LogP contribution in [-0.2, 0) is 9.53 Å². The summed E-state index contributed by atoms with van der Waals surface area (Å²) in [5.41, 5.74) is 6.62. The lowest BCUT2D eigenvalue weighted by atomic mass is 9.97. The third kappa shape index (κ3) is 6.83. The molecule has 2 aromatic rings. The normalized spacial score (nSPS) is 18.7. The van der Waals surface area contributed by atoms with Gasteiger partial charge in [0.1, 0.15) is 10.8 Å². The van der Waals surface area contributed by atoms with Gasteiger partial charge in [-0.3, -0.25) is 9.59 Å². The van der Waals surface area contributed by atoms with E-state index in [0.29, 0.717) is 24.1 Å². The molecule has 4 rings (SSSR count). The van der Waals surface area contributed by atoms with Crippen LogP contribution < -0.4 is 26.6 Å². The van der Waals surface area contributed by atoms with Crippen LogP contribution in [0.15, 0.2) is 12.3 Å². The van der Waals surface area contributed by atoms with E-state index < -0.39 is 5.91 Å². The maximum Gasteiger partial charge on any atom is 0.271 e. The topological polar surface area (TPSA) is 147 Å². The van der Waals surface area contributed by atoms with Gasteiger partial charge in [-0.05, 0) is 57.4 Å². The summed E-state index contributed by atoms with van der Waals surface area (Å²) in [6.45, 7) is 2.94. The van der Waals surface area contributed by atoms with E-state index in [9.17, 15) is 9.59 Å². The molecule has 12 heteroatoms. The molecular weight excluding hydrogens is 444 g/mol. The van der Waals surface area contributed by atoms with Gasteiger partial charge in [0.15, 0.2) is 11.5 Å². The Labute approximate surface area is 197 Å². The number of primary amides is 1. The zero-order valence-corrected chi connectivity index (χ0v) is 19.9. The summed E-state index contributed by atoms with van der Waals surface area (Å²) in [4.78, 5) is 33.6. The zero-order valence-electron chi connectivity index (χ0n) is 19.0. The molecule has 0 spiro atoms. The number of ether oxygens (including phenoxy) is 1. The third-order valence-electron chi connectivity index (χ3n) is 5.45. The summed E-state index contributed by atoms with van der Waals surface area (Å²) in [6, 6.07) is 2.05. The van der Waals surface area contributed by atoms with E-state index in [1.165, 1.54) is 11.5 Å². The molecule has 2 saturated heterocycles. The van der Waals surface area contributed by atoms with Gasteiger partial charge in [-0.1, -0.05) is 0 Å². The Bertz CT molecular complexity index is 919. The first kappa shape index (κ1) is 24.8. The number of rotatable bonds is 7. The number of carbonyl (C=O) groups excluding carboxylic acids is 2. The number of nitrogens with one attached hydrogen (secondary N) is 3. The highest BCUT2D eigenvalue weighted by molar-refractivity contribution is 7.10. The highest BCUT2D eigenvalue weighted by Crippen LogP contribution is 2.32. The Hall–Kier alpha value is -2.83. The van der Waals surface area contributed by atoms with E-state index in [1.54, 1.807) is 6.20 Å². The van der Waals surface area contributed by atoms with Crippen molar-refractivity contribution in [2.24, 2.45) is 5.73 Å². The van der Waals surface area contributed by atoms with Gasteiger partial charge in [0, 0.05) is 38.3 Å². The molecule has 0 saturated carbocycles. The van der Waals surface area contributed by atoms with Gasteiger partial charge < -0.3 is 31.3 Å². The number of carbonyl (C=O) groups is 2. The monoisotopic (exact) mass is 476 g/mol. The van der Waals surface area contributed by atoms with Crippen LogP contribution in [0.1, 0.15) is 47.8 Å². The molecule has 0 bridgehead atoms. The Morgan fingerprint density at radius 2 is 2.06 bits per heavy atom. The number of piperidine rings is 1. The number of hydrogen-bond donors (Lipinski definition) is 4. The van der Waals surface area contributed by atoms with Crippen LogP contribution in [0.3, 0.4) is 0 Å². The summed E-state index contributed by atoms with van der Waals surface area (Å²) in [6.07, 6.45) is 6.03. The fourth-order valence-corrected chi connectivity index (χ4v) is 4.59. The van der Waals surface area contributed by atoms with Crippen molar-refractivity contribution in [1.82, 2.24) is 25.0 Å². The van der Waals surface area contributed by atoms with E-state index in [0.717, 1.165) is 62.5 Å². The van der Waals surface area contributed by atoms with E-state index in [1.807, 2.05) is 25.1 Å². The van der Waals surface area contributed by atoms with Crippen molar-refractivity contribution in [3.05, 3.63) is 23.7 Å². The molecule has 2 aromatic heterocycles. The summed E-state index contributed by atoms with van der Waals surface area (Å²) in [5, 5.41) is 9.54. The molecule has 5 N–H and O–H groups in total. The van der Waals surface area contributed by atoms with E-state index >= 15 is 0 Å². The van der Waals surface area contributed by atoms with Crippen LogP contribution in [0.4, 0.5) is 16.6 Å². The molecule has 11 nitrogen and oxygen atoms in total. The number of aromatic nitrogens is 3. The molecule has 33 heavy (non-hydrogen) atoms. The lowest BCUT2D eigenvalue weighted by Crippen LogP contribution is -2.45. The van der Waals surface area contributed by atoms with E-state index in [4.69, 9.17) is 10.5 Å². The molecule has 0 unspecified atom stereocenters. The molecule has 4 heterocycles. The van der Waals surface area contributed by atoms with Crippen LogP contribution in [0.5, 0.6) is 0 Å². The molecule has 1 atom stereocenters. The van der Waals surface area contributed by atoms with Crippen LogP contribution in [0.2, 0.25) is 0 Å². The number of nitrogens with zero attached hydrogens (tertiary/aromatic N) is 4. The summed E-state index contributed by atoms with van der Waals surface area (Å²) in [7, 11) is 3.75. The number of nitrogens with two attached hydrogens (primary N) is 1. The third-order valence-corrected chi connectivity index (χ3v) is 6.17. The van der Waals surface area contributed by atoms with E-state index in [2.05, 4.69) is 30.3 Å². The minimum absolute atomic E-state index is 0.0637. The maximum absolute atomic E-state index is 11.9. The highest BCUT2D eigenvalue weighted by Gasteiger charge is 2.23. The number of hydrogen-bond acceptors (Lipinski definition) is 10. The Balaban J connectivity index is 0.000000968. The molecule has 2 aliphatic rings. The molecule has 0 aromatic carbocycles. The van der Waals surface area contributed by atoms with Crippen molar-refractivity contribution in [3.8, 4) is 0 Å². The molecule has 0 aliphatic carbocycles. The Morgan fingerprint density at radius 3 is 2.76 bits per heavy atom. The lowest BCUT2D eigenvalue weighted by molar-refractivity contribution is -0.110. The second kappa shape index (κ2) is 12.4. The Morgan fingerprint density at radius 1 is 1.30 bits per heavy atom. The van der Waals surface area contributed by atoms with Crippen molar-refractivity contribution < 1.29 is 14.3 Å². The summed E-state index contributed by atoms with van der Waals surface area (Å²) < 4.78 is 9.98. The molecule has 2 fully saturated rings. The summed E-state index contributed by atoms with van der Waals surface area (Å²) in [5.74, 6) is 0.681. The SMILES string of the molecule is CNC.NC(=O)c1ncc(N2CCC[C@@H](NC=O)C2)nc1Nc1cc(C2CCOCC2)ns1. The van der Waals surface area contributed by atoms with Gasteiger partial charge in [0.05, 0.1) is 11.9 Å². The first-order valence-electron chi connectivity index (χ1n) is 11.1. The predicted molar refractivity (Wildman–Crippen MR) is 128 cm³/mol. The van der Waals surface area contributed by atoms with Crippen LogP contribution >= 0.6 is 11.5 Å². The molecular formula is C21H32N8O3S. The standard InChI is InChI=1S/C19H25N7O3S.C2H7N/c20-18(28)17-19(24-16-8-14(25-30-16)12-3-6-29-7-4-12)23-15(9-21-17)26-5-1-2-13(10-26)22-11-27;1-3-2/h8-9,11-13H,1-7,10H2,(H2,20,28)(H,22,27)(H,23,24);3H,1-2H3/t13-;/m1./s1. The minimum atomic E-state index is -0.648. The van der Waals surface area contributed by atoms with Gasteiger partial charge in [-0.2, -0.15) is 4.37 Å². The average molecular weight is 477 g/mol. The van der Waals surface area contributed by atoms with Crippen molar-refractivity contribution in [3.63, 3.8) is 0 Å². The van der Waals surface area contributed by atoms with Gasteiger partial charge in [0.25, 0.3) is 5.91 Å². The van der Waals surface area contributed by atoms with Crippen molar-refractivity contribution in [2.45, 2.75) is 37.6 Å². The first-order valence-corrected chi connectivity index (χ1v) is 11.8. The molecule has 0 radical (unpaired) electrons. The maximum atomic E-state index is 11.9. The van der Waals surface area contributed by atoms with Gasteiger partial charge in [-0.25, -0.2) is 9.97 Å². The largest absolute Gasteiger partial charge is 0.381 e. The predicted octanol–water partition coefficient (Wildman–Crippen LogP) is 1.22. The minimum Gasteiger partial charge on any atom is -0.381 e. The smallest absolute Gasteiger partial charge is 0.271 e. The lowest BCUT2D eigenvalue weighted by Gasteiger charge is -2.33. The number of anilines is 3. The second-order valence-electron chi connectivity index (χ2n) is 7.99. The highest BCUT2D eigenvalue weighted by atomic mass is 32.1. The van der Waals surface area contributed by atoms with Gasteiger partial charge in [0.2, 0.25) is 6.41 Å². The fourth-order valence-electron chi connectivity index (χ4n) is 3.87. The fraction of sp³-hybridized carbons (Fsp3) is 0.571. The van der Waals surface area contributed by atoms with Crippen molar-refractivity contribution in [2.75, 3.05) is 50.6 Å². The first-order chi connectivity index (χ1) is 16.0. The van der Waals surface area contributed by atoms with Gasteiger partial charge >= 0.3 is 0 Å². The molecule has 2 amide bonds. The van der Waals surface area contributed by atoms with Crippen LogP contribution in [-0.4, -0.2) is 73.1 Å². The quantitative estimate of drug-likeness (QED) is 0.433.